The first-order valence-electron chi connectivity index (χ1n) is 7.69. The quantitative estimate of drug-likeness (QED) is 0.860. The number of likely N-dealkylation sites (tertiary alicyclic amines) is 1. The van der Waals surface area contributed by atoms with Gasteiger partial charge in [-0.1, -0.05) is 6.07 Å². The molecule has 3 heterocycles. The number of rotatable bonds is 1. The van der Waals surface area contributed by atoms with Crippen molar-refractivity contribution in [2.45, 2.75) is 38.3 Å². The van der Waals surface area contributed by atoms with Crippen LogP contribution in [0.15, 0.2) is 12.1 Å². The molecule has 3 aliphatic rings. The zero-order chi connectivity index (χ0) is 14.7. The first-order valence-corrected chi connectivity index (χ1v) is 7.69. The van der Waals surface area contributed by atoms with Gasteiger partial charge in [-0.25, -0.2) is 4.39 Å². The van der Waals surface area contributed by atoms with E-state index in [1.165, 1.54) is 11.6 Å². The van der Waals surface area contributed by atoms with Crippen LogP contribution in [0.1, 0.15) is 31.7 Å². The fourth-order valence-corrected chi connectivity index (χ4v) is 4.12. The van der Waals surface area contributed by atoms with Crippen LogP contribution in [0.25, 0.3) is 0 Å². The maximum Gasteiger partial charge on any atom is 0.244 e. The zero-order valence-corrected chi connectivity index (χ0v) is 12.4. The summed E-state index contributed by atoms with van der Waals surface area (Å²) in [6.07, 6.45) is 1.03. The fourth-order valence-electron chi connectivity index (χ4n) is 4.12. The Labute approximate surface area is 123 Å². The normalized spacial score (nSPS) is 27.6. The van der Waals surface area contributed by atoms with Gasteiger partial charge in [-0.15, -0.1) is 0 Å². The van der Waals surface area contributed by atoms with Crippen LogP contribution in [0.4, 0.5) is 15.8 Å². The predicted octanol–water partition coefficient (Wildman–Crippen LogP) is 2.16. The van der Waals surface area contributed by atoms with Crippen LogP contribution in [-0.4, -0.2) is 42.5 Å². The van der Waals surface area contributed by atoms with Gasteiger partial charge in [0.25, 0.3) is 0 Å². The molecule has 1 aromatic carbocycles. The molecule has 4 nitrogen and oxygen atoms in total. The van der Waals surface area contributed by atoms with Crippen molar-refractivity contribution >= 4 is 17.3 Å². The highest BCUT2D eigenvalue weighted by Crippen LogP contribution is 2.50. The third kappa shape index (κ3) is 1.80. The molecule has 1 saturated heterocycles. The van der Waals surface area contributed by atoms with Gasteiger partial charge in [0.15, 0.2) is 0 Å². The Morgan fingerprint density at radius 1 is 1.38 bits per heavy atom. The highest BCUT2D eigenvalue weighted by atomic mass is 19.1. The van der Waals surface area contributed by atoms with E-state index in [1.54, 1.807) is 0 Å². The Hall–Kier alpha value is -1.62. The monoisotopic (exact) mass is 289 g/mol. The van der Waals surface area contributed by atoms with Crippen LogP contribution in [0, 0.1) is 5.82 Å². The van der Waals surface area contributed by atoms with Gasteiger partial charge < -0.3 is 15.1 Å². The molecule has 0 saturated carbocycles. The molecule has 3 aliphatic heterocycles. The summed E-state index contributed by atoms with van der Waals surface area (Å²) < 4.78 is 14.1. The molecule has 2 atom stereocenters. The SMILES string of the molecule is CC(C)N1CCC2C(C1)c1ccc(F)c3c1N2CC(=O)N3. The molecule has 1 N–H and O–H groups in total. The van der Waals surface area contributed by atoms with Crippen molar-refractivity contribution in [3.8, 4) is 0 Å². The summed E-state index contributed by atoms with van der Waals surface area (Å²) >= 11 is 0. The molecule has 1 amide bonds. The molecule has 2 unspecified atom stereocenters. The van der Waals surface area contributed by atoms with Crippen LogP contribution >= 0.6 is 0 Å². The lowest BCUT2D eigenvalue weighted by molar-refractivity contribution is -0.115. The maximum absolute atomic E-state index is 14.1. The number of nitrogens with one attached hydrogen (secondary N) is 1. The van der Waals surface area contributed by atoms with Gasteiger partial charge >= 0.3 is 0 Å². The summed E-state index contributed by atoms with van der Waals surface area (Å²) in [5.41, 5.74) is 2.51. The number of amides is 1. The lowest BCUT2D eigenvalue weighted by atomic mass is 9.88. The van der Waals surface area contributed by atoms with Gasteiger partial charge in [-0.05, 0) is 31.9 Å². The molecule has 21 heavy (non-hydrogen) atoms. The molecule has 1 fully saturated rings. The lowest BCUT2D eigenvalue weighted by Crippen LogP contribution is -2.50. The maximum atomic E-state index is 14.1. The minimum absolute atomic E-state index is 0.106. The Kier molecular flexibility index (Phi) is 2.76. The number of anilines is 2. The molecular formula is C16H20FN3O. The second-order valence-electron chi connectivity index (χ2n) is 6.59. The number of piperidine rings is 1. The Bertz CT molecular complexity index is 616. The van der Waals surface area contributed by atoms with Crippen molar-refractivity contribution in [2.75, 3.05) is 29.9 Å². The van der Waals surface area contributed by atoms with Gasteiger partial charge in [-0.3, -0.25) is 4.79 Å². The van der Waals surface area contributed by atoms with E-state index in [4.69, 9.17) is 0 Å². The zero-order valence-electron chi connectivity index (χ0n) is 12.4. The van der Waals surface area contributed by atoms with Crippen LogP contribution in [0.2, 0.25) is 0 Å². The smallest absolute Gasteiger partial charge is 0.244 e. The molecule has 112 valence electrons. The highest BCUT2D eigenvalue weighted by molar-refractivity contribution is 6.03. The van der Waals surface area contributed by atoms with E-state index >= 15 is 0 Å². The highest BCUT2D eigenvalue weighted by Gasteiger charge is 2.46. The average Bonchev–Trinajstić information content (AvgIpc) is 2.77. The van der Waals surface area contributed by atoms with Crippen molar-refractivity contribution in [3.05, 3.63) is 23.5 Å². The van der Waals surface area contributed by atoms with Gasteiger partial charge in [0, 0.05) is 31.1 Å². The molecule has 0 bridgehead atoms. The summed E-state index contributed by atoms with van der Waals surface area (Å²) in [5.74, 6) is -0.0557. The van der Waals surface area contributed by atoms with E-state index in [1.807, 2.05) is 6.07 Å². The minimum Gasteiger partial charge on any atom is -0.357 e. The third-order valence-corrected chi connectivity index (χ3v) is 5.16. The Morgan fingerprint density at radius 3 is 2.95 bits per heavy atom. The van der Waals surface area contributed by atoms with E-state index < -0.39 is 0 Å². The van der Waals surface area contributed by atoms with Crippen molar-refractivity contribution < 1.29 is 9.18 Å². The number of hydrogen-bond acceptors (Lipinski definition) is 3. The largest absolute Gasteiger partial charge is 0.357 e. The Balaban J connectivity index is 1.79. The topological polar surface area (TPSA) is 35.6 Å². The van der Waals surface area contributed by atoms with Gasteiger partial charge in [0.1, 0.15) is 11.5 Å². The van der Waals surface area contributed by atoms with Gasteiger partial charge in [0.05, 0.1) is 12.2 Å². The molecule has 0 radical (unpaired) electrons. The van der Waals surface area contributed by atoms with E-state index in [9.17, 15) is 9.18 Å². The molecular weight excluding hydrogens is 269 g/mol. The number of carbonyl (C=O) groups is 1. The number of hydrogen-bond donors (Lipinski definition) is 1. The molecule has 0 aromatic heterocycles. The van der Waals surface area contributed by atoms with Crippen LogP contribution in [0.5, 0.6) is 0 Å². The number of fused-ring (bicyclic) bond motifs is 3. The number of halogens is 1. The molecule has 0 aliphatic carbocycles. The Morgan fingerprint density at radius 2 is 2.19 bits per heavy atom. The van der Waals surface area contributed by atoms with Gasteiger partial charge in [-0.2, -0.15) is 0 Å². The van der Waals surface area contributed by atoms with E-state index in [0.29, 0.717) is 30.2 Å². The van der Waals surface area contributed by atoms with E-state index in [0.717, 1.165) is 25.2 Å². The fraction of sp³-hybridized carbons (Fsp3) is 0.562. The summed E-state index contributed by atoms with van der Waals surface area (Å²) in [5, 5.41) is 2.71. The van der Waals surface area contributed by atoms with Crippen molar-refractivity contribution in [1.82, 2.24) is 4.90 Å². The predicted molar refractivity (Wildman–Crippen MR) is 80.2 cm³/mol. The first kappa shape index (κ1) is 13.1. The van der Waals surface area contributed by atoms with Crippen LogP contribution in [-0.2, 0) is 4.79 Å². The molecule has 5 heteroatoms. The summed E-state index contributed by atoms with van der Waals surface area (Å²) in [6, 6.07) is 4.26. The van der Waals surface area contributed by atoms with Crippen molar-refractivity contribution in [2.24, 2.45) is 0 Å². The van der Waals surface area contributed by atoms with Crippen molar-refractivity contribution in [1.29, 1.82) is 0 Å². The standard InChI is InChI=1S/C16H20FN3O/c1-9(2)19-6-5-13-11(7-19)10-3-4-12(17)15-16(10)20(13)8-14(21)18-15/h3-4,9,11,13H,5-8H2,1-2H3,(H,18,21). The lowest BCUT2D eigenvalue weighted by Gasteiger charge is -2.41. The first-order chi connectivity index (χ1) is 10.1. The number of benzene rings is 1. The summed E-state index contributed by atoms with van der Waals surface area (Å²) in [4.78, 5) is 16.5. The molecule has 4 rings (SSSR count). The summed E-state index contributed by atoms with van der Waals surface area (Å²) in [7, 11) is 0. The third-order valence-electron chi connectivity index (χ3n) is 5.16. The van der Waals surface area contributed by atoms with E-state index in [-0.39, 0.29) is 11.7 Å². The second-order valence-corrected chi connectivity index (χ2v) is 6.59. The molecule has 0 spiro atoms. The average molecular weight is 289 g/mol. The van der Waals surface area contributed by atoms with Crippen LogP contribution < -0.4 is 10.2 Å². The van der Waals surface area contributed by atoms with Crippen molar-refractivity contribution in [3.63, 3.8) is 0 Å². The summed E-state index contributed by atoms with van der Waals surface area (Å²) in [6.45, 7) is 6.82. The molecule has 1 aromatic rings. The van der Waals surface area contributed by atoms with E-state index in [2.05, 4.69) is 29.0 Å². The number of nitrogens with zero attached hydrogens (tertiary/aromatic N) is 2. The number of carbonyl (C=O) groups excluding carboxylic acids is 1. The minimum atomic E-state index is -0.328. The van der Waals surface area contributed by atoms with Gasteiger partial charge in [0.2, 0.25) is 5.91 Å². The second kappa shape index (κ2) is 4.44. The van der Waals surface area contributed by atoms with Crippen LogP contribution in [0.3, 0.4) is 0 Å².